The number of sulfonamides is 1. The van der Waals surface area contributed by atoms with Gasteiger partial charge in [0.2, 0.25) is 15.9 Å². The first-order valence-electron chi connectivity index (χ1n) is 9.60. The molecule has 0 spiro atoms. The van der Waals surface area contributed by atoms with Crippen molar-refractivity contribution >= 4 is 27.5 Å². The van der Waals surface area contributed by atoms with Crippen molar-refractivity contribution in [1.29, 1.82) is 0 Å². The molecule has 0 radical (unpaired) electrons. The molecule has 0 saturated carbocycles. The second-order valence-corrected chi connectivity index (χ2v) is 9.30. The highest BCUT2D eigenvalue weighted by Gasteiger charge is 2.39. The maximum absolute atomic E-state index is 12.9. The molecule has 29 heavy (non-hydrogen) atoms. The molecule has 1 aliphatic rings. The van der Waals surface area contributed by atoms with Crippen LogP contribution in [0.25, 0.3) is 0 Å². The molecule has 8 heteroatoms. The molecule has 6 nitrogen and oxygen atoms in total. The molecule has 1 aliphatic heterocycles. The number of carbonyl (C=O) groups excluding carboxylic acids is 1. The van der Waals surface area contributed by atoms with Gasteiger partial charge in [0, 0.05) is 18.1 Å². The largest absolute Gasteiger partial charge is 0.497 e. The molecule has 0 bridgehead atoms. The number of aryl methyl sites for hydroxylation is 1. The molecular formula is C21H25ClN2O4S. The van der Waals surface area contributed by atoms with Crippen molar-refractivity contribution in [3.05, 3.63) is 59.1 Å². The Bertz CT molecular complexity index is 930. The first-order valence-corrected chi connectivity index (χ1v) is 11.4. The fourth-order valence-electron chi connectivity index (χ4n) is 3.45. The number of ether oxygens (including phenoxy) is 1. The number of rotatable bonds is 8. The van der Waals surface area contributed by atoms with Crippen molar-refractivity contribution in [2.75, 3.05) is 20.2 Å². The van der Waals surface area contributed by atoms with Gasteiger partial charge in [-0.15, -0.1) is 0 Å². The zero-order valence-electron chi connectivity index (χ0n) is 16.3. The number of carbonyl (C=O) groups is 1. The molecule has 1 heterocycles. The summed E-state index contributed by atoms with van der Waals surface area (Å²) in [7, 11) is -2.10. The van der Waals surface area contributed by atoms with Crippen LogP contribution in [0.15, 0.2) is 53.4 Å². The van der Waals surface area contributed by atoms with E-state index in [1.54, 1.807) is 19.2 Å². The summed E-state index contributed by atoms with van der Waals surface area (Å²) in [4.78, 5) is 12.8. The standard InChI is InChI=1S/C21H25ClN2O4S/c1-28-18-10-6-16(7-11-18)4-2-14-23-21(25)20-5-3-15-24(20)29(26,27)19-12-8-17(22)9-13-19/h6-13,20H,2-5,14-15H2,1H3,(H,23,25). The minimum atomic E-state index is -3.73. The lowest BCUT2D eigenvalue weighted by atomic mass is 10.1. The molecule has 2 aromatic rings. The first kappa shape index (κ1) is 21.6. The van der Waals surface area contributed by atoms with Gasteiger partial charge in [0.25, 0.3) is 0 Å². The molecule has 1 atom stereocenters. The number of amides is 1. The minimum Gasteiger partial charge on any atom is -0.497 e. The SMILES string of the molecule is COc1ccc(CCCNC(=O)C2CCCN2S(=O)(=O)c2ccc(Cl)cc2)cc1. The zero-order chi connectivity index (χ0) is 20.9. The lowest BCUT2D eigenvalue weighted by Crippen LogP contribution is -2.46. The molecule has 1 N–H and O–H groups in total. The Morgan fingerprint density at radius 3 is 2.52 bits per heavy atom. The molecule has 1 saturated heterocycles. The van der Waals surface area contributed by atoms with Crippen molar-refractivity contribution in [2.24, 2.45) is 0 Å². The monoisotopic (exact) mass is 436 g/mol. The van der Waals surface area contributed by atoms with E-state index in [-0.39, 0.29) is 10.8 Å². The molecule has 156 valence electrons. The maximum atomic E-state index is 12.9. The Balaban J connectivity index is 1.54. The summed E-state index contributed by atoms with van der Waals surface area (Å²) in [6.45, 7) is 0.838. The van der Waals surface area contributed by atoms with Crippen LogP contribution < -0.4 is 10.1 Å². The summed E-state index contributed by atoms with van der Waals surface area (Å²) in [6, 6.07) is 13.2. The smallest absolute Gasteiger partial charge is 0.243 e. The average Bonchev–Trinajstić information content (AvgIpc) is 3.23. The molecule has 1 fully saturated rings. The summed E-state index contributed by atoms with van der Waals surface area (Å²) in [5, 5.41) is 3.36. The van der Waals surface area contributed by atoms with Gasteiger partial charge in [-0.2, -0.15) is 4.31 Å². The summed E-state index contributed by atoms with van der Waals surface area (Å²) in [5.74, 6) is 0.569. The Labute approximate surface area is 176 Å². The molecule has 0 aromatic heterocycles. The minimum absolute atomic E-state index is 0.154. The van der Waals surface area contributed by atoms with Crippen molar-refractivity contribution in [3.63, 3.8) is 0 Å². The normalized spacial score (nSPS) is 17.2. The van der Waals surface area contributed by atoms with Crippen molar-refractivity contribution < 1.29 is 17.9 Å². The van der Waals surface area contributed by atoms with Crippen LogP contribution in [0.5, 0.6) is 5.75 Å². The van der Waals surface area contributed by atoms with E-state index in [0.717, 1.165) is 24.2 Å². The van der Waals surface area contributed by atoms with Crippen LogP contribution in [0.2, 0.25) is 5.02 Å². The first-order chi connectivity index (χ1) is 13.9. The van der Waals surface area contributed by atoms with E-state index in [9.17, 15) is 13.2 Å². The third kappa shape index (κ3) is 5.29. The quantitative estimate of drug-likeness (QED) is 0.644. The van der Waals surface area contributed by atoms with Gasteiger partial charge < -0.3 is 10.1 Å². The molecule has 1 amide bonds. The van der Waals surface area contributed by atoms with E-state index in [1.165, 1.54) is 16.4 Å². The van der Waals surface area contributed by atoms with Gasteiger partial charge in [0.1, 0.15) is 11.8 Å². The highest BCUT2D eigenvalue weighted by atomic mass is 35.5. The lowest BCUT2D eigenvalue weighted by Gasteiger charge is -2.23. The Kier molecular flexibility index (Phi) is 7.16. The van der Waals surface area contributed by atoms with E-state index < -0.39 is 16.1 Å². The second kappa shape index (κ2) is 9.61. The lowest BCUT2D eigenvalue weighted by molar-refractivity contribution is -0.124. The van der Waals surface area contributed by atoms with Crippen LogP contribution in [0.4, 0.5) is 0 Å². The van der Waals surface area contributed by atoms with Gasteiger partial charge in [-0.1, -0.05) is 23.7 Å². The number of halogens is 1. The summed E-state index contributed by atoms with van der Waals surface area (Å²) < 4.78 is 32.3. The predicted molar refractivity (Wildman–Crippen MR) is 113 cm³/mol. The molecule has 1 unspecified atom stereocenters. The molecule has 0 aliphatic carbocycles. The van der Waals surface area contributed by atoms with Crippen molar-refractivity contribution in [3.8, 4) is 5.75 Å². The maximum Gasteiger partial charge on any atom is 0.243 e. The number of hydrogen-bond acceptors (Lipinski definition) is 4. The van der Waals surface area contributed by atoms with Gasteiger partial charge in [0.05, 0.1) is 12.0 Å². The van der Waals surface area contributed by atoms with Crippen LogP contribution in [0.1, 0.15) is 24.8 Å². The van der Waals surface area contributed by atoms with E-state index in [1.807, 2.05) is 24.3 Å². The van der Waals surface area contributed by atoms with Crippen LogP contribution >= 0.6 is 11.6 Å². The topological polar surface area (TPSA) is 75.7 Å². The second-order valence-electron chi connectivity index (χ2n) is 6.97. The van der Waals surface area contributed by atoms with Crippen LogP contribution in [-0.4, -0.2) is 44.9 Å². The van der Waals surface area contributed by atoms with E-state index in [4.69, 9.17) is 16.3 Å². The fourth-order valence-corrected chi connectivity index (χ4v) is 5.23. The fraction of sp³-hybridized carbons (Fsp3) is 0.381. The van der Waals surface area contributed by atoms with E-state index in [2.05, 4.69) is 5.32 Å². The summed E-state index contributed by atoms with van der Waals surface area (Å²) >= 11 is 5.85. The predicted octanol–water partition coefficient (Wildman–Crippen LogP) is 3.25. The number of benzene rings is 2. The molecular weight excluding hydrogens is 412 g/mol. The Hall–Kier alpha value is -2.09. The van der Waals surface area contributed by atoms with Crippen LogP contribution in [-0.2, 0) is 21.2 Å². The van der Waals surface area contributed by atoms with Gasteiger partial charge in [-0.05, 0) is 67.6 Å². The average molecular weight is 437 g/mol. The Morgan fingerprint density at radius 1 is 1.17 bits per heavy atom. The van der Waals surface area contributed by atoms with Gasteiger partial charge in [-0.3, -0.25) is 4.79 Å². The highest BCUT2D eigenvalue weighted by Crippen LogP contribution is 2.27. The number of methoxy groups -OCH3 is 1. The van der Waals surface area contributed by atoms with Gasteiger partial charge in [-0.25, -0.2) is 8.42 Å². The Morgan fingerprint density at radius 2 is 1.86 bits per heavy atom. The molecule has 3 rings (SSSR count). The zero-order valence-corrected chi connectivity index (χ0v) is 17.9. The molecule has 2 aromatic carbocycles. The van der Waals surface area contributed by atoms with E-state index >= 15 is 0 Å². The number of nitrogens with zero attached hydrogens (tertiary/aromatic N) is 1. The van der Waals surface area contributed by atoms with Crippen molar-refractivity contribution in [2.45, 2.75) is 36.6 Å². The number of hydrogen-bond donors (Lipinski definition) is 1. The number of nitrogens with one attached hydrogen (secondary N) is 1. The third-order valence-corrected chi connectivity index (χ3v) is 7.20. The van der Waals surface area contributed by atoms with Gasteiger partial charge >= 0.3 is 0 Å². The summed E-state index contributed by atoms with van der Waals surface area (Å²) in [5.41, 5.74) is 1.16. The highest BCUT2D eigenvalue weighted by molar-refractivity contribution is 7.89. The van der Waals surface area contributed by atoms with Crippen molar-refractivity contribution in [1.82, 2.24) is 9.62 Å². The summed E-state index contributed by atoms with van der Waals surface area (Å²) in [6.07, 6.45) is 2.78. The van der Waals surface area contributed by atoms with Gasteiger partial charge in [0.15, 0.2) is 0 Å². The third-order valence-electron chi connectivity index (χ3n) is 5.03. The van der Waals surface area contributed by atoms with E-state index in [0.29, 0.717) is 31.0 Å². The van der Waals surface area contributed by atoms with Crippen LogP contribution in [0.3, 0.4) is 0 Å². The van der Waals surface area contributed by atoms with Crippen LogP contribution in [0, 0.1) is 0 Å².